The van der Waals surface area contributed by atoms with Gasteiger partial charge in [-0.2, -0.15) is 0 Å². The highest BCUT2D eigenvalue weighted by atomic mass is 15.1. The van der Waals surface area contributed by atoms with E-state index in [-0.39, 0.29) is 0 Å². The number of nitrogens with one attached hydrogen (secondary N) is 1. The van der Waals surface area contributed by atoms with Gasteiger partial charge in [-0.3, -0.25) is 0 Å². The van der Waals surface area contributed by atoms with Crippen LogP contribution in [-0.4, -0.2) is 16.0 Å². The van der Waals surface area contributed by atoms with Gasteiger partial charge in [-0.15, -0.1) is 0 Å². The monoisotopic (exact) mass is 220 g/mol. The molecule has 1 aliphatic carbocycles. The van der Waals surface area contributed by atoms with Crippen LogP contribution in [0.25, 0.3) is 0 Å². The molecule has 4 heteroatoms. The molecule has 1 aromatic heterocycles. The molecule has 88 valence electrons. The second-order valence-corrected chi connectivity index (χ2v) is 4.47. The molecule has 2 rings (SSSR count). The van der Waals surface area contributed by atoms with Gasteiger partial charge in [0.1, 0.15) is 17.5 Å². The Morgan fingerprint density at radius 3 is 2.62 bits per heavy atom. The second kappa shape index (κ2) is 4.68. The van der Waals surface area contributed by atoms with Crippen molar-refractivity contribution >= 4 is 11.6 Å². The predicted octanol–water partition coefficient (Wildman–Crippen LogP) is 2.54. The molecule has 0 bridgehead atoms. The van der Waals surface area contributed by atoms with Crippen molar-refractivity contribution in [2.45, 2.75) is 51.5 Å². The first-order valence-corrected chi connectivity index (χ1v) is 6.14. The number of anilines is 2. The molecule has 4 nitrogen and oxygen atoms in total. The lowest BCUT2D eigenvalue weighted by Gasteiger charge is -2.16. The van der Waals surface area contributed by atoms with E-state index in [1.165, 1.54) is 12.8 Å². The topological polar surface area (TPSA) is 63.8 Å². The summed E-state index contributed by atoms with van der Waals surface area (Å²) in [5.41, 5.74) is 5.79. The number of hydrogen-bond acceptors (Lipinski definition) is 4. The summed E-state index contributed by atoms with van der Waals surface area (Å²) in [6, 6.07) is 2.30. The van der Waals surface area contributed by atoms with E-state index in [1.54, 1.807) is 0 Å². The third-order valence-electron chi connectivity index (χ3n) is 3.04. The van der Waals surface area contributed by atoms with Crippen molar-refractivity contribution < 1.29 is 0 Å². The van der Waals surface area contributed by atoms with Crippen LogP contribution in [0.4, 0.5) is 11.6 Å². The highest BCUT2D eigenvalue weighted by molar-refractivity contribution is 5.45. The van der Waals surface area contributed by atoms with E-state index < -0.39 is 0 Å². The van der Waals surface area contributed by atoms with Crippen molar-refractivity contribution in [2.75, 3.05) is 11.1 Å². The van der Waals surface area contributed by atoms with E-state index in [0.29, 0.717) is 17.8 Å². The summed E-state index contributed by atoms with van der Waals surface area (Å²) in [7, 11) is 0. The van der Waals surface area contributed by atoms with Crippen LogP contribution in [0.3, 0.4) is 0 Å². The van der Waals surface area contributed by atoms with E-state index in [2.05, 4.69) is 29.1 Å². The van der Waals surface area contributed by atoms with Crippen molar-refractivity contribution in [3.8, 4) is 0 Å². The smallest absolute Gasteiger partial charge is 0.136 e. The van der Waals surface area contributed by atoms with Gasteiger partial charge in [0, 0.05) is 18.0 Å². The van der Waals surface area contributed by atoms with Crippen LogP contribution in [-0.2, 0) is 0 Å². The molecule has 0 aromatic carbocycles. The normalized spacial score (nSPS) is 15.4. The SMILES string of the molecule is CCC(CC)Nc1cc(N)nc(C2CC2)n1. The number of nitrogens with two attached hydrogens (primary N) is 1. The largest absolute Gasteiger partial charge is 0.384 e. The Labute approximate surface area is 96.7 Å². The summed E-state index contributed by atoms with van der Waals surface area (Å²) in [4.78, 5) is 8.81. The van der Waals surface area contributed by atoms with Gasteiger partial charge < -0.3 is 11.1 Å². The summed E-state index contributed by atoms with van der Waals surface area (Å²) in [6.45, 7) is 4.35. The highest BCUT2D eigenvalue weighted by Crippen LogP contribution is 2.38. The Hall–Kier alpha value is -1.32. The number of aromatic nitrogens is 2. The maximum absolute atomic E-state index is 5.79. The Balaban J connectivity index is 2.13. The van der Waals surface area contributed by atoms with Crippen molar-refractivity contribution in [1.29, 1.82) is 0 Å². The molecule has 1 fully saturated rings. The van der Waals surface area contributed by atoms with Gasteiger partial charge in [-0.1, -0.05) is 13.8 Å². The zero-order valence-electron chi connectivity index (χ0n) is 10.0. The molecule has 1 heterocycles. The van der Waals surface area contributed by atoms with Gasteiger partial charge in [0.25, 0.3) is 0 Å². The van der Waals surface area contributed by atoms with Crippen LogP contribution in [0, 0.1) is 0 Å². The summed E-state index contributed by atoms with van der Waals surface area (Å²) >= 11 is 0. The number of nitrogen functional groups attached to an aromatic ring is 1. The molecule has 0 amide bonds. The fourth-order valence-corrected chi connectivity index (χ4v) is 1.79. The molecule has 0 unspecified atom stereocenters. The third kappa shape index (κ3) is 2.62. The van der Waals surface area contributed by atoms with Crippen molar-refractivity contribution in [2.24, 2.45) is 0 Å². The minimum atomic E-state index is 0.473. The first kappa shape index (κ1) is 11.2. The number of hydrogen-bond donors (Lipinski definition) is 2. The van der Waals surface area contributed by atoms with Crippen LogP contribution in [0.2, 0.25) is 0 Å². The van der Waals surface area contributed by atoms with Crippen molar-refractivity contribution in [1.82, 2.24) is 9.97 Å². The minimum absolute atomic E-state index is 0.473. The van der Waals surface area contributed by atoms with E-state index >= 15 is 0 Å². The molecule has 1 saturated carbocycles. The maximum atomic E-state index is 5.79. The Morgan fingerprint density at radius 1 is 1.38 bits per heavy atom. The summed E-state index contributed by atoms with van der Waals surface area (Å²) in [5, 5.41) is 3.41. The molecule has 16 heavy (non-hydrogen) atoms. The van der Waals surface area contributed by atoms with Crippen LogP contribution >= 0.6 is 0 Å². The third-order valence-corrected chi connectivity index (χ3v) is 3.04. The first-order valence-electron chi connectivity index (χ1n) is 6.14. The fourth-order valence-electron chi connectivity index (χ4n) is 1.79. The average Bonchev–Trinajstić information content (AvgIpc) is 3.08. The van der Waals surface area contributed by atoms with Crippen molar-refractivity contribution in [3.63, 3.8) is 0 Å². The van der Waals surface area contributed by atoms with Gasteiger partial charge in [-0.05, 0) is 25.7 Å². The molecule has 0 atom stereocenters. The van der Waals surface area contributed by atoms with Crippen LogP contribution in [0.15, 0.2) is 6.07 Å². The van der Waals surface area contributed by atoms with E-state index in [4.69, 9.17) is 5.73 Å². The van der Waals surface area contributed by atoms with E-state index in [9.17, 15) is 0 Å². The number of nitrogens with zero attached hydrogens (tertiary/aromatic N) is 2. The summed E-state index contributed by atoms with van der Waals surface area (Å²) in [6.07, 6.45) is 4.60. The molecular weight excluding hydrogens is 200 g/mol. The average molecular weight is 220 g/mol. The van der Waals surface area contributed by atoms with Crippen LogP contribution in [0.5, 0.6) is 0 Å². The molecule has 0 saturated heterocycles. The zero-order valence-corrected chi connectivity index (χ0v) is 10.0. The van der Waals surface area contributed by atoms with Crippen molar-refractivity contribution in [3.05, 3.63) is 11.9 Å². The molecule has 1 aromatic rings. The lowest BCUT2D eigenvalue weighted by molar-refractivity contribution is 0.667. The predicted molar refractivity (Wildman–Crippen MR) is 66.4 cm³/mol. The van der Waals surface area contributed by atoms with Gasteiger partial charge in [0.2, 0.25) is 0 Å². The van der Waals surface area contributed by atoms with E-state index in [1.807, 2.05) is 6.07 Å². The van der Waals surface area contributed by atoms with Gasteiger partial charge >= 0.3 is 0 Å². The highest BCUT2D eigenvalue weighted by Gasteiger charge is 2.27. The van der Waals surface area contributed by atoms with Gasteiger partial charge in [-0.25, -0.2) is 9.97 Å². The zero-order chi connectivity index (χ0) is 11.5. The van der Waals surface area contributed by atoms with Crippen LogP contribution < -0.4 is 11.1 Å². The molecular formula is C12H20N4. The molecule has 1 aliphatic rings. The summed E-state index contributed by atoms with van der Waals surface area (Å²) < 4.78 is 0. The van der Waals surface area contributed by atoms with Crippen LogP contribution in [0.1, 0.15) is 51.3 Å². The molecule has 0 radical (unpaired) electrons. The first-order chi connectivity index (χ1) is 7.72. The number of rotatable bonds is 5. The maximum Gasteiger partial charge on any atom is 0.136 e. The lowest BCUT2D eigenvalue weighted by Crippen LogP contribution is -2.18. The van der Waals surface area contributed by atoms with E-state index in [0.717, 1.165) is 24.5 Å². The quantitative estimate of drug-likeness (QED) is 0.800. The Morgan fingerprint density at radius 2 is 2.06 bits per heavy atom. The summed E-state index contributed by atoms with van der Waals surface area (Å²) in [5.74, 6) is 2.91. The standard InChI is InChI=1S/C12H20N4/c1-3-9(4-2)14-11-7-10(13)15-12(16-11)8-5-6-8/h7-9H,3-6H2,1-2H3,(H3,13,14,15,16). The second-order valence-electron chi connectivity index (χ2n) is 4.47. The molecule has 3 N–H and O–H groups in total. The Bertz CT molecular complexity index is 356. The molecule has 0 aliphatic heterocycles. The minimum Gasteiger partial charge on any atom is -0.384 e. The molecule has 0 spiro atoms. The van der Waals surface area contributed by atoms with Gasteiger partial charge in [0.05, 0.1) is 0 Å². The fraction of sp³-hybridized carbons (Fsp3) is 0.667. The Kier molecular flexibility index (Phi) is 3.27. The lowest BCUT2D eigenvalue weighted by atomic mass is 10.2. The van der Waals surface area contributed by atoms with Gasteiger partial charge in [0.15, 0.2) is 0 Å².